The van der Waals surface area contributed by atoms with Crippen molar-refractivity contribution in [3.8, 4) is 11.4 Å². The number of hydrogen-bond acceptors (Lipinski definition) is 8. The molecule has 12 heteroatoms. The van der Waals surface area contributed by atoms with Crippen molar-refractivity contribution >= 4 is 23.2 Å². The summed E-state index contributed by atoms with van der Waals surface area (Å²) in [5.41, 5.74) is 1.21. The summed E-state index contributed by atoms with van der Waals surface area (Å²) < 4.78 is 18.9. The van der Waals surface area contributed by atoms with Gasteiger partial charge in [-0.15, -0.1) is 21.5 Å². The number of hydrogen-bond donors (Lipinski definition) is 1. The second-order valence-corrected chi connectivity index (χ2v) is 9.85. The molecule has 2 atom stereocenters. The summed E-state index contributed by atoms with van der Waals surface area (Å²) in [5.74, 6) is -0.784. The van der Waals surface area contributed by atoms with Crippen molar-refractivity contribution < 1.29 is 18.7 Å². The van der Waals surface area contributed by atoms with Crippen LogP contribution in [-0.2, 0) is 27.4 Å². The van der Waals surface area contributed by atoms with Crippen molar-refractivity contribution in [1.82, 2.24) is 35.4 Å². The molecular formula is C26H26FN7O3S. The lowest BCUT2D eigenvalue weighted by Crippen LogP contribution is -2.46. The number of halogens is 1. The maximum Gasteiger partial charge on any atom is 0.247 e. The van der Waals surface area contributed by atoms with E-state index >= 15 is 0 Å². The molecule has 1 aliphatic heterocycles. The number of rotatable bonds is 10. The van der Waals surface area contributed by atoms with E-state index in [0.29, 0.717) is 24.3 Å². The van der Waals surface area contributed by atoms with Crippen LogP contribution in [0.5, 0.6) is 0 Å². The molecule has 0 aliphatic carbocycles. The molecule has 1 saturated heterocycles. The minimum Gasteiger partial charge on any atom is -0.376 e. The van der Waals surface area contributed by atoms with E-state index in [4.69, 9.17) is 4.74 Å². The zero-order chi connectivity index (χ0) is 26.3. The molecular weight excluding hydrogens is 509 g/mol. The molecule has 196 valence electrons. The van der Waals surface area contributed by atoms with E-state index < -0.39 is 6.04 Å². The number of thiophene rings is 1. The summed E-state index contributed by atoms with van der Waals surface area (Å²) in [5, 5.41) is 17.2. The zero-order valence-electron chi connectivity index (χ0n) is 20.4. The highest BCUT2D eigenvalue weighted by Crippen LogP contribution is 2.26. The minimum absolute atomic E-state index is 0.0391. The van der Waals surface area contributed by atoms with Crippen LogP contribution in [0.2, 0.25) is 0 Å². The molecule has 0 saturated carbocycles. The molecule has 1 N–H and O–H groups in total. The van der Waals surface area contributed by atoms with Gasteiger partial charge in [-0.05, 0) is 71.5 Å². The third-order valence-electron chi connectivity index (χ3n) is 6.17. The molecule has 0 bridgehead atoms. The van der Waals surface area contributed by atoms with Crippen molar-refractivity contribution in [3.05, 3.63) is 82.6 Å². The molecule has 0 unspecified atom stereocenters. The summed E-state index contributed by atoms with van der Waals surface area (Å²) in [6.45, 7) is 1.03. The van der Waals surface area contributed by atoms with Gasteiger partial charge in [-0.25, -0.2) is 4.39 Å². The highest BCUT2D eigenvalue weighted by molar-refractivity contribution is 7.09. The number of benzene rings is 1. The van der Waals surface area contributed by atoms with Crippen LogP contribution in [0.4, 0.5) is 4.39 Å². The molecule has 1 aliphatic rings. The monoisotopic (exact) mass is 535 g/mol. The fourth-order valence-corrected chi connectivity index (χ4v) is 4.97. The van der Waals surface area contributed by atoms with Crippen LogP contribution in [0, 0.1) is 5.82 Å². The van der Waals surface area contributed by atoms with Gasteiger partial charge in [-0.1, -0.05) is 6.07 Å². The largest absolute Gasteiger partial charge is 0.376 e. The second-order valence-electron chi connectivity index (χ2n) is 8.81. The third-order valence-corrected chi connectivity index (χ3v) is 7.03. The van der Waals surface area contributed by atoms with Crippen LogP contribution in [-0.4, -0.2) is 61.2 Å². The number of amides is 2. The van der Waals surface area contributed by atoms with Gasteiger partial charge in [-0.2, -0.15) is 4.80 Å². The van der Waals surface area contributed by atoms with E-state index in [1.54, 1.807) is 36.7 Å². The SMILES string of the molecule is O=C(NC[C@@H]1CCCO1)[C@H](c1ccncc1)N(Cc1cccs1)C(=O)Cn1nnc(-c2ccc(F)cc2)n1. The summed E-state index contributed by atoms with van der Waals surface area (Å²) >= 11 is 1.50. The third kappa shape index (κ3) is 6.26. The molecule has 2 amide bonds. The van der Waals surface area contributed by atoms with Gasteiger partial charge in [-0.3, -0.25) is 14.6 Å². The maximum absolute atomic E-state index is 13.7. The van der Waals surface area contributed by atoms with Crippen LogP contribution >= 0.6 is 11.3 Å². The Labute approximate surface area is 222 Å². The van der Waals surface area contributed by atoms with Gasteiger partial charge < -0.3 is 15.0 Å². The predicted octanol–water partition coefficient (Wildman–Crippen LogP) is 3.00. The molecule has 10 nitrogen and oxygen atoms in total. The average Bonchev–Trinajstić information content (AvgIpc) is 3.72. The topological polar surface area (TPSA) is 115 Å². The van der Waals surface area contributed by atoms with Gasteiger partial charge in [0, 0.05) is 36.0 Å². The Kier molecular flexibility index (Phi) is 8.09. The number of pyridine rings is 1. The molecule has 1 aromatic carbocycles. The quantitative estimate of drug-likeness (QED) is 0.332. The molecule has 4 heterocycles. The fraction of sp³-hybridized carbons (Fsp3) is 0.308. The first kappa shape index (κ1) is 25.6. The average molecular weight is 536 g/mol. The molecule has 1 fully saturated rings. The van der Waals surface area contributed by atoms with Gasteiger partial charge >= 0.3 is 0 Å². The number of aromatic nitrogens is 5. The van der Waals surface area contributed by atoms with E-state index in [-0.39, 0.29) is 42.6 Å². The van der Waals surface area contributed by atoms with E-state index in [1.165, 1.54) is 33.2 Å². The molecule has 0 radical (unpaired) electrons. The number of ether oxygens (including phenoxy) is 1. The highest BCUT2D eigenvalue weighted by Gasteiger charge is 2.33. The van der Waals surface area contributed by atoms with E-state index in [0.717, 1.165) is 17.7 Å². The molecule has 4 aromatic rings. The van der Waals surface area contributed by atoms with Crippen molar-refractivity contribution in [1.29, 1.82) is 0 Å². The minimum atomic E-state index is -0.908. The lowest BCUT2D eigenvalue weighted by atomic mass is 10.0. The van der Waals surface area contributed by atoms with E-state index in [9.17, 15) is 14.0 Å². The van der Waals surface area contributed by atoms with Gasteiger partial charge in [0.25, 0.3) is 0 Å². The molecule has 3 aromatic heterocycles. The van der Waals surface area contributed by atoms with Crippen molar-refractivity contribution in [3.63, 3.8) is 0 Å². The summed E-state index contributed by atoms with van der Waals surface area (Å²) in [7, 11) is 0. The first-order valence-corrected chi connectivity index (χ1v) is 13.1. The van der Waals surface area contributed by atoms with E-state index in [2.05, 4.69) is 25.7 Å². The Balaban J connectivity index is 1.40. The van der Waals surface area contributed by atoms with Gasteiger partial charge in [0.05, 0.1) is 12.6 Å². The number of carbonyl (C=O) groups is 2. The van der Waals surface area contributed by atoms with Crippen molar-refractivity contribution in [2.45, 2.75) is 38.1 Å². The lowest BCUT2D eigenvalue weighted by molar-refractivity contribution is -0.142. The van der Waals surface area contributed by atoms with Crippen LogP contribution in [0.25, 0.3) is 11.4 Å². The lowest BCUT2D eigenvalue weighted by Gasteiger charge is -2.31. The molecule has 5 rings (SSSR count). The van der Waals surface area contributed by atoms with Crippen LogP contribution in [0.3, 0.4) is 0 Å². The predicted molar refractivity (Wildman–Crippen MR) is 137 cm³/mol. The molecule has 38 heavy (non-hydrogen) atoms. The number of tetrazole rings is 1. The van der Waals surface area contributed by atoms with E-state index in [1.807, 2.05) is 17.5 Å². The summed E-state index contributed by atoms with van der Waals surface area (Å²) in [6, 6.07) is 12.1. The number of carbonyl (C=O) groups excluding carboxylic acids is 2. The standard InChI is InChI=1S/C26H26FN7O3S/c27-20-7-5-19(6-8-20)25-30-32-34(31-25)17-23(35)33(16-22-4-2-14-38-22)24(18-9-11-28-12-10-18)26(36)29-15-21-3-1-13-37-21/h2,4-12,14,21,24H,1,3,13,15-17H2,(H,29,36)/t21-,24-/m0/s1. The Morgan fingerprint density at radius 3 is 2.71 bits per heavy atom. The van der Waals surface area contributed by atoms with Gasteiger partial charge in [0.2, 0.25) is 17.6 Å². The first-order valence-electron chi connectivity index (χ1n) is 12.2. The van der Waals surface area contributed by atoms with Crippen molar-refractivity contribution in [2.24, 2.45) is 0 Å². The number of nitrogens with one attached hydrogen (secondary N) is 1. The summed E-state index contributed by atoms with van der Waals surface area (Å²) in [6.07, 6.45) is 4.99. The van der Waals surface area contributed by atoms with Crippen LogP contribution in [0.1, 0.15) is 29.3 Å². The zero-order valence-corrected chi connectivity index (χ0v) is 21.3. The van der Waals surface area contributed by atoms with Crippen molar-refractivity contribution in [2.75, 3.05) is 13.2 Å². The second kappa shape index (κ2) is 12.0. The Morgan fingerprint density at radius 2 is 2.00 bits per heavy atom. The summed E-state index contributed by atoms with van der Waals surface area (Å²) in [4.78, 5) is 35.0. The highest BCUT2D eigenvalue weighted by atomic mass is 32.1. The maximum atomic E-state index is 13.7. The van der Waals surface area contributed by atoms with Crippen LogP contribution < -0.4 is 5.32 Å². The smallest absolute Gasteiger partial charge is 0.247 e. The fourth-order valence-electron chi connectivity index (χ4n) is 4.27. The Morgan fingerprint density at radius 1 is 1.18 bits per heavy atom. The normalized spacial score (nSPS) is 15.8. The molecule has 0 spiro atoms. The van der Waals surface area contributed by atoms with Crippen LogP contribution in [0.15, 0.2) is 66.3 Å². The number of nitrogens with zero attached hydrogens (tertiary/aromatic N) is 6. The van der Waals surface area contributed by atoms with Gasteiger partial charge in [0.15, 0.2) is 0 Å². The van der Waals surface area contributed by atoms with Gasteiger partial charge in [0.1, 0.15) is 18.4 Å². The Hall–Kier alpha value is -4.03. The first-order chi connectivity index (χ1) is 18.6. The Bertz CT molecular complexity index is 1340.